The monoisotopic (exact) mass is 464 g/mol. The van der Waals surface area contributed by atoms with Gasteiger partial charge in [-0.25, -0.2) is 4.99 Å². The second kappa shape index (κ2) is 10.7. The van der Waals surface area contributed by atoms with Crippen molar-refractivity contribution in [1.29, 1.82) is 0 Å². The number of nitrogens with zero attached hydrogens (tertiary/aromatic N) is 3. The van der Waals surface area contributed by atoms with E-state index in [1.54, 1.807) is 7.11 Å². The molecule has 0 aromatic heterocycles. The average Bonchev–Trinajstić information content (AvgIpc) is 2.85. The molecule has 5 N–H and O–H groups in total. The number of ether oxygens (including phenoxy) is 1. The number of hydrogen-bond acceptors (Lipinski definition) is 7. The number of benzene rings is 2. The lowest BCUT2D eigenvalue weighted by Gasteiger charge is -2.41. The minimum Gasteiger partial charge on any atom is -0.486 e. The summed E-state index contributed by atoms with van der Waals surface area (Å²) in [5.74, 6) is 1.42. The Bertz CT molecular complexity index is 1020. The largest absolute Gasteiger partial charge is 0.486 e. The summed E-state index contributed by atoms with van der Waals surface area (Å²) < 4.78 is 4.94. The predicted octanol–water partition coefficient (Wildman–Crippen LogP) is 4.25. The Morgan fingerprint density at radius 1 is 0.941 bits per heavy atom. The Hall–Kier alpha value is -3.42. The fourth-order valence-corrected chi connectivity index (χ4v) is 5.25. The average molecular weight is 465 g/mol. The molecule has 0 bridgehead atoms. The highest BCUT2D eigenvalue weighted by Crippen LogP contribution is 2.37. The van der Waals surface area contributed by atoms with Crippen LogP contribution >= 0.6 is 0 Å². The molecule has 182 valence electrons. The Morgan fingerprint density at radius 3 is 2.00 bits per heavy atom. The summed E-state index contributed by atoms with van der Waals surface area (Å²) in [5.41, 5.74) is 17.1. The minimum absolute atomic E-state index is 0.105. The van der Waals surface area contributed by atoms with E-state index in [0.29, 0.717) is 17.1 Å². The summed E-state index contributed by atoms with van der Waals surface area (Å²) >= 11 is 0. The molecule has 0 spiro atoms. The van der Waals surface area contributed by atoms with Crippen molar-refractivity contribution in [3.05, 3.63) is 36.4 Å². The van der Waals surface area contributed by atoms with Gasteiger partial charge in [0.15, 0.2) is 6.40 Å². The van der Waals surface area contributed by atoms with E-state index in [1.165, 1.54) is 44.7 Å². The van der Waals surface area contributed by atoms with Crippen molar-refractivity contribution in [3.63, 3.8) is 0 Å². The molecule has 0 radical (unpaired) electrons. The van der Waals surface area contributed by atoms with Crippen molar-refractivity contribution in [3.8, 4) is 0 Å². The zero-order valence-corrected chi connectivity index (χ0v) is 20.2. The topological polar surface area (TPSA) is 109 Å². The van der Waals surface area contributed by atoms with Gasteiger partial charge in [0.25, 0.3) is 0 Å². The molecule has 0 unspecified atom stereocenters. The molecule has 0 saturated carbocycles. The lowest BCUT2D eigenvalue weighted by Crippen LogP contribution is -2.41. The van der Waals surface area contributed by atoms with Crippen LogP contribution in [0.4, 0.5) is 34.1 Å². The molecule has 2 aliphatic rings. The Morgan fingerprint density at radius 2 is 1.47 bits per heavy atom. The third kappa shape index (κ3) is 5.55. The van der Waals surface area contributed by atoms with Crippen molar-refractivity contribution >= 4 is 46.4 Å². The van der Waals surface area contributed by atoms with Crippen molar-refractivity contribution in [1.82, 2.24) is 0 Å². The lowest BCUT2D eigenvalue weighted by molar-refractivity contribution is -0.114. The highest BCUT2D eigenvalue weighted by molar-refractivity contribution is 5.93. The van der Waals surface area contributed by atoms with Crippen LogP contribution in [0.5, 0.6) is 0 Å². The Labute approximate surface area is 202 Å². The Balaban J connectivity index is 1.31. The quantitative estimate of drug-likeness (QED) is 0.335. The summed E-state index contributed by atoms with van der Waals surface area (Å²) in [5, 5.41) is 2.83. The number of methoxy groups -OCH3 is 1. The third-order valence-electron chi connectivity index (χ3n) is 7.13. The van der Waals surface area contributed by atoms with Crippen LogP contribution in [-0.2, 0) is 9.53 Å². The van der Waals surface area contributed by atoms with Gasteiger partial charge in [0.05, 0.1) is 29.9 Å². The maximum absolute atomic E-state index is 11.5. The maximum atomic E-state index is 11.5. The van der Waals surface area contributed by atoms with Gasteiger partial charge in [-0.3, -0.25) is 4.79 Å². The van der Waals surface area contributed by atoms with Gasteiger partial charge >= 0.3 is 0 Å². The second-order valence-electron chi connectivity index (χ2n) is 9.32. The van der Waals surface area contributed by atoms with Crippen LogP contribution in [-0.4, -0.2) is 45.6 Å². The van der Waals surface area contributed by atoms with Crippen LogP contribution in [0.2, 0.25) is 0 Å². The van der Waals surface area contributed by atoms with Gasteiger partial charge in [-0.15, -0.1) is 0 Å². The molecular weight excluding hydrogens is 428 g/mol. The van der Waals surface area contributed by atoms with Crippen LogP contribution in [0.3, 0.4) is 0 Å². The molecule has 2 heterocycles. The second-order valence-corrected chi connectivity index (χ2v) is 9.32. The fourth-order valence-electron chi connectivity index (χ4n) is 5.25. The van der Waals surface area contributed by atoms with Gasteiger partial charge in [0.2, 0.25) is 5.91 Å². The van der Waals surface area contributed by atoms with Crippen molar-refractivity contribution in [2.45, 2.75) is 32.6 Å². The van der Waals surface area contributed by atoms with Crippen LogP contribution in [0.15, 0.2) is 41.4 Å². The normalized spacial score (nSPS) is 17.8. The number of rotatable bonds is 6. The molecule has 2 saturated heterocycles. The minimum atomic E-state index is -0.105. The number of carbonyl (C=O) groups excluding carboxylic acids is 1. The van der Waals surface area contributed by atoms with E-state index >= 15 is 0 Å². The van der Waals surface area contributed by atoms with Gasteiger partial charge in [0, 0.05) is 44.5 Å². The van der Waals surface area contributed by atoms with E-state index < -0.39 is 0 Å². The summed E-state index contributed by atoms with van der Waals surface area (Å²) in [6.45, 7) is 5.69. The number of aliphatic imine (C=N–C) groups is 1. The lowest BCUT2D eigenvalue weighted by atomic mass is 9.78. The van der Waals surface area contributed by atoms with Crippen LogP contribution in [0.25, 0.3) is 0 Å². The molecule has 2 aromatic carbocycles. The number of carbonyl (C=O) groups is 1. The first-order chi connectivity index (χ1) is 16.4. The highest BCUT2D eigenvalue weighted by Gasteiger charge is 2.30. The molecule has 0 atom stereocenters. The fraction of sp³-hybridized carbons (Fsp3) is 0.462. The van der Waals surface area contributed by atoms with E-state index in [2.05, 4.69) is 32.2 Å². The van der Waals surface area contributed by atoms with Gasteiger partial charge in [-0.1, -0.05) is 0 Å². The molecule has 8 heteroatoms. The summed E-state index contributed by atoms with van der Waals surface area (Å²) in [4.78, 5) is 20.6. The number of piperidine rings is 2. The molecular formula is C26H36N6O2. The van der Waals surface area contributed by atoms with Crippen LogP contribution < -0.4 is 26.6 Å². The summed E-state index contributed by atoms with van der Waals surface area (Å²) in [7, 11) is 1.58. The number of hydrogen-bond donors (Lipinski definition) is 3. The van der Waals surface area contributed by atoms with Crippen LogP contribution in [0.1, 0.15) is 32.6 Å². The molecule has 34 heavy (non-hydrogen) atoms. The van der Waals surface area contributed by atoms with Crippen molar-refractivity contribution in [2.24, 2.45) is 16.8 Å². The van der Waals surface area contributed by atoms with E-state index in [0.717, 1.165) is 49.4 Å². The SMILES string of the molecule is COC=Nc1cc(N2CCC(C3CCN(c4ccc(N)c(NC(C)=O)c4)CC3)CC2)ccc1N. The zero-order valence-electron chi connectivity index (χ0n) is 20.2. The number of anilines is 5. The molecule has 1 amide bonds. The van der Waals surface area contributed by atoms with Crippen LogP contribution in [0, 0.1) is 11.8 Å². The molecule has 2 aliphatic heterocycles. The molecule has 8 nitrogen and oxygen atoms in total. The number of nitrogens with one attached hydrogen (secondary N) is 1. The zero-order chi connectivity index (χ0) is 24.1. The van der Waals surface area contributed by atoms with Gasteiger partial charge in [-0.2, -0.15) is 0 Å². The van der Waals surface area contributed by atoms with Gasteiger partial charge in [0.1, 0.15) is 0 Å². The van der Waals surface area contributed by atoms with Gasteiger partial charge in [-0.05, 0) is 73.9 Å². The van der Waals surface area contributed by atoms with E-state index in [-0.39, 0.29) is 5.91 Å². The summed E-state index contributed by atoms with van der Waals surface area (Å²) in [6, 6.07) is 12.0. The molecule has 2 aromatic rings. The standard InChI is InChI=1S/C26H36N6O2/c1-18(33)30-26-16-22(4-6-24(26)28)32-13-9-20(10-14-32)19-7-11-31(12-8-19)21-3-5-23(27)25(15-21)29-17-34-2/h3-6,15-17,19-20H,7-14,27-28H2,1-2H3,(H,30,33). The molecule has 0 aliphatic carbocycles. The predicted molar refractivity (Wildman–Crippen MR) is 141 cm³/mol. The van der Waals surface area contributed by atoms with Crippen molar-refractivity contribution in [2.75, 3.05) is 59.9 Å². The Kier molecular flexibility index (Phi) is 7.45. The first kappa shape index (κ1) is 23.7. The number of nitrogen functional groups attached to an aromatic ring is 2. The first-order valence-electron chi connectivity index (χ1n) is 12.1. The smallest absolute Gasteiger partial charge is 0.221 e. The number of nitrogens with two attached hydrogens (primary N) is 2. The highest BCUT2D eigenvalue weighted by atomic mass is 16.5. The van der Waals surface area contributed by atoms with E-state index in [1.807, 2.05) is 24.3 Å². The molecule has 4 rings (SSSR count). The van der Waals surface area contributed by atoms with Gasteiger partial charge < -0.3 is 31.3 Å². The third-order valence-corrected chi connectivity index (χ3v) is 7.13. The first-order valence-corrected chi connectivity index (χ1v) is 12.1. The van der Waals surface area contributed by atoms with E-state index in [4.69, 9.17) is 16.2 Å². The molecule has 2 fully saturated rings. The summed E-state index contributed by atoms with van der Waals surface area (Å²) in [6.07, 6.45) is 6.23. The van der Waals surface area contributed by atoms with Crippen molar-refractivity contribution < 1.29 is 9.53 Å². The van der Waals surface area contributed by atoms with E-state index in [9.17, 15) is 4.79 Å². The maximum Gasteiger partial charge on any atom is 0.221 e. The number of amides is 1.